The topological polar surface area (TPSA) is 78.6 Å². The fraction of sp³-hybridized carbons (Fsp3) is 0.846. The average molecular weight is 323 g/mol. The van der Waals surface area contributed by atoms with Gasteiger partial charge in [-0.2, -0.15) is 0 Å². The van der Waals surface area contributed by atoms with Gasteiger partial charge in [0.15, 0.2) is 10.2 Å². The van der Waals surface area contributed by atoms with Gasteiger partial charge in [-0.1, -0.05) is 23.5 Å². The number of hydrogen-bond donors (Lipinski definition) is 1. The van der Waals surface area contributed by atoms with Gasteiger partial charge in [-0.25, -0.2) is 0 Å². The van der Waals surface area contributed by atoms with Crippen molar-refractivity contribution in [3.05, 3.63) is 0 Å². The summed E-state index contributed by atoms with van der Waals surface area (Å²) in [5.41, 5.74) is 5.83. The molecule has 20 heavy (non-hydrogen) atoms. The van der Waals surface area contributed by atoms with E-state index in [1.165, 1.54) is 23.5 Å². The summed E-state index contributed by atoms with van der Waals surface area (Å²) in [7, 11) is 0. The van der Waals surface area contributed by atoms with E-state index in [1.807, 2.05) is 0 Å². The lowest BCUT2D eigenvalue weighted by molar-refractivity contribution is -0.109. The SMILES string of the molecule is CC(=O)SCCCOCC(N)COCCCSC(C)=O. The first-order chi connectivity index (χ1) is 9.52. The molecule has 7 heteroatoms. The highest BCUT2D eigenvalue weighted by atomic mass is 32.2. The molecular weight excluding hydrogens is 298 g/mol. The summed E-state index contributed by atoms with van der Waals surface area (Å²) in [5.74, 6) is 1.57. The molecule has 0 amide bonds. The Kier molecular flexibility index (Phi) is 13.8. The number of thioether (sulfide) groups is 2. The van der Waals surface area contributed by atoms with E-state index >= 15 is 0 Å². The van der Waals surface area contributed by atoms with Crippen LogP contribution in [0, 0.1) is 0 Å². The van der Waals surface area contributed by atoms with E-state index in [0.29, 0.717) is 26.4 Å². The van der Waals surface area contributed by atoms with Crippen LogP contribution in [-0.4, -0.2) is 54.2 Å². The Morgan fingerprint density at radius 1 is 0.950 bits per heavy atom. The predicted octanol–water partition coefficient (Wildman–Crippen LogP) is 1.69. The normalized spacial score (nSPS) is 11.0. The summed E-state index contributed by atoms with van der Waals surface area (Å²) < 4.78 is 10.8. The Labute approximate surface area is 129 Å². The zero-order valence-corrected chi connectivity index (χ0v) is 13.9. The number of carbonyl (C=O) groups is 2. The number of nitrogens with two attached hydrogens (primary N) is 1. The molecule has 0 unspecified atom stereocenters. The van der Waals surface area contributed by atoms with Crippen molar-refractivity contribution in [1.82, 2.24) is 0 Å². The standard InChI is InChI=1S/C13H25NO4S2/c1-11(15)19-7-3-5-17-9-13(14)10-18-6-4-8-20-12(2)16/h13H,3-10,14H2,1-2H3. The summed E-state index contributed by atoms with van der Waals surface area (Å²) >= 11 is 2.63. The van der Waals surface area contributed by atoms with Crippen molar-refractivity contribution in [3.63, 3.8) is 0 Å². The lowest BCUT2D eigenvalue weighted by Gasteiger charge is -2.12. The fourth-order valence-corrected chi connectivity index (χ4v) is 2.37. The molecule has 0 rings (SSSR count). The van der Waals surface area contributed by atoms with Crippen molar-refractivity contribution >= 4 is 33.8 Å². The molecule has 0 aromatic heterocycles. The van der Waals surface area contributed by atoms with E-state index in [0.717, 1.165) is 24.3 Å². The first-order valence-electron chi connectivity index (χ1n) is 6.70. The van der Waals surface area contributed by atoms with Gasteiger partial charge in [0.1, 0.15) is 0 Å². The van der Waals surface area contributed by atoms with Gasteiger partial charge in [0.2, 0.25) is 0 Å². The Bertz CT molecular complexity index is 251. The van der Waals surface area contributed by atoms with Gasteiger partial charge >= 0.3 is 0 Å². The van der Waals surface area contributed by atoms with Gasteiger partial charge in [0, 0.05) is 38.6 Å². The number of ether oxygens (including phenoxy) is 2. The third-order valence-electron chi connectivity index (χ3n) is 2.14. The Balaban J connectivity index is 3.22. The Morgan fingerprint density at radius 2 is 1.35 bits per heavy atom. The minimum absolute atomic E-state index is 0.129. The fourth-order valence-electron chi connectivity index (χ4n) is 1.27. The van der Waals surface area contributed by atoms with Crippen LogP contribution in [0.15, 0.2) is 0 Å². The van der Waals surface area contributed by atoms with Crippen LogP contribution in [0.4, 0.5) is 0 Å². The summed E-state index contributed by atoms with van der Waals surface area (Å²) in [6.07, 6.45) is 1.69. The van der Waals surface area contributed by atoms with E-state index in [4.69, 9.17) is 15.2 Å². The highest BCUT2D eigenvalue weighted by Crippen LogP contribution is 2.04. The molecule has 0 atom stereocenters. The molecular formula is C13H25NO4S2. The van der Waals surface area contributed by atoms with Crippen LogP contribution in [0.2, 0.25) is 0 Å². The molecule has 2 N–H and O–H groups in total. The zero-order valence-electron chi connectivity index (χ0n) is 12.3. The van der Waals surface area contributed by atoms with Crippen molar-refractivity contribution in [2.75, 3.05) is 37.9 Å². The molecule has 0 spiro atoms. The molecule has 0 heterocycles. The summed E-state index contributed by atoms with van der Waals surface area (Å²) in [4.78, 5) is 21.4. The Morgan fingerprint density at radius 3 is 1.70 bits per heavy atom. The second-order valence-electron chi connectivity index (χ2n) is 4.30. The maximum Gasteiger partial charge on any atom is 0.185 e. The van der Waals surface area contributed by atoms with Crippen LogP contribution in [-0.2, 0) is 19.1 Å². The highest BCUT2D eigenvalue weighted by Gasteiger charge is 2.03. The average Bonchev–Trinajstić information content (AvgIpc) is 2.37. The molecule has 0 aliphatic heterocycles. The summed E-state index contributed by atoms with van der Waals surface area (Å²) in [5, 5.41) is 0.274. The molecule has 0 aromatic rings. The van der Waals surface area contributed by atoms with Crippen LogP contribution in [0.3, 0.4) is 0 Å². The maximum absolute atomic E-state index is 10.7. The second-order valence-corrected chi connectivity index (χ2v) is 6.84. The molecule has 0 aliphatic rings. The highest BCUT2D eigenvalue weighted by molar-refractivity contribution is 8.13. The van der Waals surface area contributed by atoms with Crippen molar-refractivity contribution in [3.8, 4) is 0 Å². The minimum atomic E-state index is -0.129. The molecule has 0 saturated heterocycles. The van der Waals surface area contributed by atoms with Crippen molar-refractivity contribution in [2.45, 2.75) is 32.7 Å². The van der Waals surface area contributed by atoms with Gasteiger partial charge in [-0.15, -0.1) is 0 Å². The number of hydrogen-bond acceptors (Lipinski definition) is 7. The lowest BCUT2D eigenvalue weighted by atomic mass is 10.3. The van der Waals surface area contributed by atoms with Crippen LogP contribution in [0.25, 0.3) is 0 Å². The molecule has 0 bridgehead atoms. The second kappa shape index (κ2) is 13.9. The first kappa shape index (κ1) is 19.9. The van der Waals surface area contributed by atoms with Crippen molar-refractivity contribution in [2.24, 2.45) is 5.73 Å². The van der Waals surface area contributed by atoms with E-state index in [2.05, 4.69) is 0 Å². The predicted molar refractivity (Wildman–Crippen MR) is 85.1 cm³/mol. The van der Waals surface area contributed by atoms with E-state index < -0.39 is 0 Å². The summed E-state index contributed by atoms with van der Waals surface area (Å²) in [6, 6.07) is -0.129. The van der Waals surface area contributed by atoms with Crippen LogP contribution in [0.5, 0.6) is 0 Å². The van der Waals surface area contributed by atoms with Crippen LogP contribution in [0.1, 0.15) is 26.7 Å². The monoisotopic (exact) mass is 323 g/mol. The van der Waals surface area contributed by atoms with E-state index in [1.54, 1.807) is 13.8 Å². The summed E-state index contributed by atoms with van der Waals surface area (Å²) in [6.45, 7) is 5.29. The van der Waals surface area contributed by atoms with Crippen molar-refractivity contribution in [1.29, 1.82) is 0 Å². The molecule has 5 nitrogen and oxygen atoms in total. The van der Waals surface area contributed by atoms with Gasteiger partial charge < -0.3 is 15.2 Å². The third-order valence-corrected chi connectivity index (χ3v) is 3.94. The van der Waals surface area contributed by atoms with Crippen molar-refractivity contribution < 1.29 is 19.1 Å². The van der Waals surface area contributed by atoms with Gasteiger partial charge in [-0.3, -0.25) is 9.59 Å². The van der Waals surface area contributed by atoms with E-state index in [-0.39, 0.29) is 16.3 Å². The van der Waals surface area contributed by atoms with Crippen LogP contribution >= 0.6 is 23.5 Å². The number of carbonyl (C=O) groups excluding carboxylic acids is 2. The van der Waals surface area contributed by atoms with Gasteiger partial charge in [-0.05, 0) is 12.8 Å². The van der Waals surface area contributed by atoms with Gasteiger partial charge in [0.05, 0.1) is 19.3 Å². The molecule has 118 valence electrons. The zero-order chi connectivity index (χ0) is 15.2. The largest absolute Gasteiger partial charge is 0.380 e. The Hall–Kier alpha value is -0.0800. The molecule has 0 aromatic carbocycles. The molecule has 0 saturated carbocycles. The minimum Gasteiger partial charge on any atom is -0.380 e. The molecule has 0 radical (unpaired) electrons. The quantitative estimate of drug-likeness (QED) is 0.547. The van der Waals surface area contributed by atoms with Crippen LogP contribution < -0.4 is 5.73 Å². The lowest BCUT2D eigenvalue weighted by Crippen LogP contribution is -2.31. The van der Waals surface area contributed by atoms with Gasteiger partial charge in [0.25, 0.3) is 0 Å². The number of rotatable bonds is 12. The third kappa shape index (κ3) is 16.0. The maximum atomic E-state index is 10.7. The van der Waals surface area contributed by atoms with E-state index in [9.17, 15) is 9.59 Å². The molecule has 0 fully saturated rings. The first-order valence-corrected chi connectivity index (χ1v) is 8.67. The smallest absolute Gasteiger partial charge is 0.185 e. The molecule has 0 aliphatic carbocycles.